The summed E-state index contributed by atoms with van der Waals surface area (Å²) in [6.07, 6.45) is 0.592. The molecule has 1 aromatic carbocycles. The van der Waals surface area contributed by atoms with Crippen molar-refractivity contribution in [3.63, 3.8) is 0 Å². The highest BCUT2D eigenvalue weighted by Crippen LogP contribution is 2.23. The molecule has 0 aromatic heterocycles. The van der Waals surface area contributed by atoms with Gasteiger partial charge in [0.15, 0.2) is 0 Å². The van der Waals surface area contributed by atoms with Gasteiger partial charge in [-0.1, -0.05) is 11.6 Å². The van der Waals surface area contributed by atoms with Crippen molar-refractivity contribution in [2.45, 2.75) is 25.4 Å². The Balaban J connectivity index is 2.56. The second kappa shape index (κ2) is 8.22. The molecule has 0 fully saturated rings. The van der Waals surface area contributed by atoms with Crippen LogP contribution in [0.5, 0.6) is 5.75 Å². The first-order valence-corrected chi connectivity index (χ1v) is 7.06. The molecule has 0 aliphatic rings. The van der Waals surface area contributed by atoms with Crippen molar-refractivity contribution in [1.82, 2.24) is 5.32 Å². The fourth-order valence-electron chi connectivity index (χ4n) is 1.82. The Bertz CT molecular complexity index is 477. The van der Waals surface area contributed by atoms with Crippen molar-refractivity contribution in [3.05, 3.63) is 28.8 Å². The van der Waals surface area contributed by atoms with Crippen molar-refractivity contribution in [2.24, 2.45) is 0 Å². The van der Waals surface area contributed by atoms with Gasteiger partial charge >= 0.3 is 0 Å². The molecule has 6 heteroatoms. The summed E-state index contributed by atoms with van der Waals surface area (Å²) >= 11 is 5.92. The molecule has 0 bridgehead atoms. The van der Waals surface area contributed by atoms with E-state index in [4.69, 9.17) is 21.1 Å². The molecule has 5 nitrogen and oxygen atoms in total. The maximum absolute atomic E-state index is 12.0. The number of rotatable bonds is 8. The van der Waals surface area contributed by atoms with Gasteiger partial charge in [0.1, 0.15) is 5.75 Å². The molecular weight excluding hydrogens is 294 g/mol. The summed E-state index contributed by atoms with van der Waals surface area (Å²) in [5.74, 6) is 0.411. The minimum Gasteiger partial charge on any atom is -0.496 e. The van der Waals surface area contributed by atoms with Crippen molar-refractivity contribution in [2.75, 3.05) is 27.4 Å². The van der Waals surface area contributed by atoms with Crippen LogP contribution in [0.2, 0.25) is 5.02 Å². The number of aliphatic hydroxyl groups is 1. The third kappa shape index (κ3) is 6.33. The highest BCUT2D eigenvalue weighted by Gasteiger charge is 2.21. The van der Waals surface area contributed by atoms with Gasteiger partial charge < -0.3 is 19.9 Å². The van der Waals surface area contributed by atoms with E-state index in [9.17, 15) is 9.90 Å². The molecule has 1 atom stereocenters. The maximum Gasteiger partial charge on any atom is 0.224 e. The minimum absolute atomic E-state index is 0.143. The molecular formula is C15H22ClNO4. The average molecular weight is 316 g/mol. The number of ether oxygens (including phenoxy) is 2. The van der Waals surface area contributed by atoms with E-state index in [1.54, 1.807) is 39.3 Å². The van der Waals surface area contributed by atoms with Crippen LogP contribution in [0.25, 0.3) is 0 Å². The van der Waals surface area contributed by atoms with E-state index in [-0.39, 0.29) is 18.9 Å². The molecule has 1 aromatic rings. The van der Waals surface area contributed by atoms with E-state index in [0.717, 1.165) is 0 Å². The number of hydrogen-bond acceptors (Lipinski definition) is 4. The largest absolute Gasteiger partial charge is 0.496 e. The van der Waals surface area contributed by atoms with Crippen molar-refractivity contribution < 1.29 is 19.4 Å². The molecule has 0 spiro atoms. The normalized spacial score (nSPS) is 13.6. The van der Waals surface area contributed by atoms with Gasteiger partial charge in [0.2, 0.25) is 5.91 Å². The molecule has 0 heterocycles. The Morgan fingerprint density at radius 1 is 1.43 bits per heavy atom. The van der Waals surface area contributed by atoms with Gasteiger partial charge in [-0.15, -0.1) is 0 Å². The van der Waals surface area contributed by atoms with E-state index in [1.807, 2.05) is 0 Å². The zero-order valence-electron chi connectivity index (χ0n) is 12.6. The number of carbonyl (C=O) groups is 1. The lowest BCUT2D eigenvalue weighted by Gasteiger charge is -2.23. The summed E-state index contributed by atoms with van der Waals surface area (Å²) in [5, 5.41) is 13.3. The first-order valence-electron chi connectivity index (χ1n) is 6.68. The van der Waals surface area contributed by atoms with Crippen LogP contribution in [0.4, 0.5) is 0 Å². The van der Waals surface area contributed by atoms with Gasteiger partial charge in [-0.3, -0.25) is 4.79 Å². The second-order valence-electron chi connectivity index (χ2n) is 5.15. The Labute approximate surface area is 130 Å². The number of halogens is 1. The summed E-state index contributed by atoms with van der Waals surface area (Å²) in [6, 6.07) is 5.13. The number of methoxy groups -OCH3 is 2. The lowest BCUT2D eigenvalue weighted by atomic mass is 10.0. The first kappa shape index (κ1) is 17.8. The molecule has 1 rings (SSSR count). The van der Waals surface area contributed by atoms with Gasteiger partial charge in [-0.25, -0.2) is 0 Å². The maximum atomic E-state index is 12.0. The number of nitrogens with one attached hydrogen (secondary N) is 1. The lowest BCUT2D eigenvalue weighted by Crippen LogP contribution is -2.41. The van der Waals surface area contributed by atoms with Crippen LogP contribution in [0.3, 0.4) is 0 Å². The molecule has 1 unspecified atom stereocenters. The Morgan fingerprint density at radius 2 is 2.14 bits per heavy atom. The molecule has 1 amide bonds. The topological polar surface area (TPSA) is 67.8 Å². The van der Waals surface area contributed by atoms with Gasteiger partial charge in [-0.05, 0) is 25.1 Å². The summed E-state index contributed by atoms with van der Waals surface area (Å²) in [7, 11) is 3.11. The van der Waals surface area contributed by atoms with E-state index in [1.165, 1.54) is 0 Å². The molecule has 0 aliphatic heterocycles. The van der Waals surface area contributed by atoms with Crippen LogP contribution >= 0.6 is 11.6 Å². The number of hydrogen-bond donors (Lipinski definition) is 2. The highest BCUT2D eigenvalue weighted by molar-refractivity contribution is 6.30. The number of carbonyl (C=O) groups excluding carboxylic acids is 1. The summed E-state index contributed by atoms with van der Waals surface area (Å²) in [6.45, 7) is 2.26. The van der Waals surface area contributed by atoms with Crippen molar-refractivity contribution >= 4 is 17.5 Å². The first-order chi connectivity index (χ1) is 9.88. The van der Waals surface area contributed by atoms with Gasteiger partial charge in [0.05, 0.1) is 19.1 Å². The van der Waals surface area contributed by atoms with E-state index >= 15 is 0 Å². The van der Waals surface area contributed by atoms with Gasteiger partial charge in [0.25, 0.3) is 0 Å². The second-order valence-corrected chi connectivity index (χ2v) is 5.59. The number of amides is 1. The fourth-order valence-corrected chi connectivity index (χ4v) is 2.01. The van der Waals surface area contributed by atoms with Crippen molar-refractivity contribution in [3.8, 4) is 5.75 Å². The predicted octanol–water partition coefficient (Wildman–Crippen LogP) is 1.79. The third-order valence-electron chi connectivity index (χ3n) is 3.10. The monoisotopic (exact) mass is 315 g/mol. The third-order valence-corrected chi connectivity index (χ3v) is 3.34. The van der Waals surface area contributed by atoms with E-state index < -0.39 is 5.60 Å². The summed E-state index contributed by atoms with van der Waals surface area (Å²) in [5.41, 5.74) is -0.289. The van der Waals surface area contributed by atoms with Crippen LogP contribution < -0.4 is 10.1 Å². The van der Waals surface area contributed by atoms with Crippen LogP contribution in [0.1, 0.15) is 18.9 Å². The van der Waals surface area contributed by atoms with E-state index in [2.05, 4.69) is 5.32 Å². The Morgan fingerprint density at radius 3 is 2.76 bits per heavy atom. The zero-order valence-corrected chi connectivity index (χ0v) is 13.4. The summed E-state index contributed by atoms with van der Waals surface area (Å²) < 4.78 is 10.1. The van der Waals surface area contributed by atoms with E-state index in [0.29, 0.717) is 29.4 Å². The molecule has 0 radical (unpaired) electrons. The summed E-state index contributed by atoms with van der Waals surface area (Å²) in [4.78, 5) is 12.0. The van der Waals surface area contributed by atoms with Crippen LogP contribution in [0, 0.1) is 0 Å². The average Bonchev–Trinajstić information content (AvgIpc) is 2.43. The lowest BCUT2D eigenvalue weighted by molar-refractivity contribution is -0.121. The quantitative estimate of drug-likeness (QED) is 0.767. The smallest absolute Gasteiger partial charge is 0.224 e. The molecule has 2 N–H and O–H groups in total. The Hall–Kier alpha value is -1.30. The zero-order chi connectivity index (χ0) is 15.9. The molecule has 118 valence electrons. The molecule has 0 saturated carbocycles. The predicted molar refractivity (Wildman–Crippen MR) is 81.8 cm³/mol. The molecule has 0 aliphatic carbocycles. The van der Waals surface area contributed by atoms with Crippen LogP contribution in [0.15, 0.2) is 18.2 Å². The standard InChI is InChI=1S/C15H22ClNO4/c1-15(19,6-7-20-2)10-17-14(18)9-11-8-12(16)4-5-13(11)21-3/h4-5,8,19H,6-7,9-10H2,1-3H3,(H,17,18). The van der Waals surface area contributed by atoms with Gasteiger partial charge in [0, 0.05) is 37.3 Å². The molecule has 21 heavy (non-hydrogen) atoms. The van der Waals surface area contributed by atoms with Crippen molar-refractivity contribution in [1.29, 1.82) is 0 Å². The van der Waals surface area contributed by atoms with Gasteiger partial charge in [-0.2, -0.15) is 0 Å². The minimum atomic E-state index is -0.996. The number of benzene rings is 1. The Kier molecular flexibility index (Phi) is 6.95. The fraction of sp³-hybridized carbons (Fsp3) is 0.533. The van der Waals surface area contributed by atoms with Crippen LogP contribution in [-0.2, 0) is 16.0 Å². The highest BCUT2D eigenvalue weighted by atomic mass is 35.5. The molecule has 0 saturated heterocycles. The SMILES string of the molecule is COCCC(C)(O)CNC(=O)Cc1cc(Cl)ccc1OC. The van der Waals surface area contributed by atoms with Crippen LogP contribution in [-0.4, -0.2) is 44.0 Å².